The lowest BCUT2D eigenvalue weighted by molar-refractivity contribution is 0.415. The van der Waals surface area contributed by atoms with Gasteiger partial charge in [0.05, 0.1) is 19.0 Å². The topological polar surface area (TPSA) is 39.9 Å². The Morgan fingerprint density at radius 1 is 0.926 bits per heavy atom. The minimum Gasteiger partial charge on any atom is -0.497 e. The van der Waals surface area contributed by atoms with Gasteiger partial charge < -0.3 is 4.74 Å². The van der Waals surface area contributed by atoms with Crippen molar-refractivity contribution in [3.05, 3.63) is 83.0 Å². The first-order valence-electron chi connectivity index (χ1n) is 8.58. The van der Waals surface area contributed by atoms with Crippen molar-refractivity contribution in [2.45, 2.75) is 6.92 Å². The summed E-state index contributed by atoms with van der Waals surface area (Å²) < 4.78 is 8.11. The van der Waals surface area contributed by atoms with Crippen molar-refractivity contribution in [1.29, 1.82) is 0 Å². The Kier molecular flexibility index (Phi) is 4.77. The van der Waals surface area contributed by atoms with Gasteiger partial charge in [0, 0.05) is 15.6 Å². The molecule has 0 bridgehead atoms. The van der Waals surface area contributed by atoms with Crippen LogP contribution in [0.4, 0.5) is 0 Å². The molecule has 0 radical (unpaired) electrons. The van der Waals surface area contributed by atoms with Crippen LogP contribution in [0.3, 0.4) is 0 Å². The Bertz CT molecular complexity index is 1090. The summed E-state index contributed by atoms with van der Waals surface area (Å²) in [6, 6.07) is 22.3. The maximum atomic E-state index is 5.27. The largest absolute Gasteiger partial charge is 0.497 e. The van der Waals surface area contributed by atoms with E-state index in [1.807, 2.05) is 59.4 Å². The van der Waals surface area contributed by atoms with E-state index in [-0.39, 0.29) is 0 Å². The molecule has 5 heteroatoms. The Labute approximate surface area is 166 Å². The number of benzene rings is 3. The lowest BCUT2D eigenvalue weighted by atomic mass is 10.0. The van der Waals surface area contributed by atoms with Gasteiger partial charge in [-0.25, -0.2) is 4.68 Å². The number of nitrogens with zero attached hydrogens (tertiary/aromatic N) is 3. The van der Waals surface area contributed by atoms with E-state index in [0.717, 1.165) is 38.3 Å². The molecular formula is C22H18BrN3O. The first kappa shape index (κ1) is 17.5. The lowest BCUT2D eigenvalue weighted by Gasteiger charge is -2.11. The fraction of sp³-hybridized carbons (Fsp3) is 0.0909. The molecule has 27 heavy (non-hydrogen) atoms. The van der Waals surface area contributed by atoms with Gasteiger partial charge in [-0.2, -0.15) is 0 Å². The number of aromatic nitrogens is 3. The van der Waals surface area contributed by atoms with Gasteiger partial charge in [0.1, 0.15) is 11.4 Å². The van der Waals surface area contributed by atoms with E-state index in [1.54, 1.807) is 7.11 Å². The predicted molar refractivity (Wildman–Crippen MR) is 111 cm³/mol. The van der Waals surface area contributed by atoms with E-state index in [2.05, 4.69) is 51.4 Å². The average Bonchev–Trinajstić information content (AvgIpc) is 3.18. The molecule has 0 saturated carbocycles. The number of rotatable bonds is 4. The molecule has 0 aliphatic rings. The van der Waals surface area contributed by atoms with Crippen LogP contribution in [0.1, 0.15) is 5.56 Å². The molecule has 0 unspecified atom stereocenters. The van der Waals surface area contributed by atoms with Gasteiger partial charge in [0.25, 0.3) is 0 Å². The zero-order chi connectivity index (χ0) is 18.8. The minimum absolute atomic E-state index is 0.831. The fourth-order valence-corrected chi connectivity index (χ4v) is 3.44. The summed E-state index contributed by atoms with van der Waals surface area (Å²) >= 11 is 3.58. The molecule has 0 aliphatic carbocycles. The Balaban J connectivity index is 1.80. The second kappa shape index (κ2) is 7.37. The first-order valence-corrected chi connectivity index (χ1v) is 9.38. The van der Waals surface area contributed by atoms with E-state index in [4.69, 9.17) is 4.74 Å². The third kappa shape index (κ3) is 3.51. The minimum atomic E-state index is 0.831. The molecule has 0 atom stereocenters. The molecule has 0 amide bonds. The van der Waals surface area contributed by atoms with Gasteiger partial charge in [-0.1, -0.05) is 57.5 Å². The zero-order valence-corrected chi connectivity index (χ0v) is 16.6. The highest BCUT2D eigenvalue weighted by Gasteiger charge is 2.12. The van der Waals surface area contributed by atoms with Crippen LogP contribution in [0.25, 0.3) is 28.1 Å². The second-order valence-electron chi connectivity index (χ2n) is 6.25. The highest BCUT2D eigenvalue weighted by atomic mass is 79.9. The smallest absolute Gasteiger partial charge is 0.118 e. The number of hydrogen-bond acceptors (Lipinski definition) is 3. The molecule has 4 rings (SSSR count). The van der Waals surface area contributed by atoms with Crippen LogP contribution < -0.4 is 4.74 Å². The van der Waals surface area contributed by atoms with Gasteiger partial charge in [-0.05, 0) is 48.4 Å². The van der Waals surface area contributed by atoms with Gasteiger partial charge in [-0.15, -0.1) is 5.10 Å². The van der Waals surface area contributed by atoms with Crippen molar-refractivity contribution in [3.8, 4) is 33.8 Å². The van der Waals surface area contributed by atoms with E-state index >= 15 is 0 Å². The summed E-state index contributed by atoms with van der Waals surface area (Å²) in [6.45, 7) is 2.08. The Morgan fingerprint density at radius 3 is 2.44 bits per heavy atom. The summed E-state index contributed by atoms with van der Waals surface area (Å²) in [5.41, 5.74) is 6.24. The summed E-state index contributed by atoms with van der Waals surface area (Å²) in [6.07, 6.45) is 1.97. The van der Waals surface area contributed by atoms with Crippen molar-refractivity contribution in [3.63, 3.8) is 0 Å². The van der Waals surface area contributed by atoms with Crippen molar-refractivity contribution < 1.29 is 4.74 Å². The molecule has 3 aromatic carbocycles. The molecule has 4 aromatic rings. The van der Waals surface area contributed by atoms with Crippen LogP contribution >= 0.6 is 15.9 Å². The fourth-order valence-electron chi connectivity index (χ4n) is 3.08. The summed E-state index contributed by atoms with van der Waals surface area (Å²) in [7, 11) is 1.67. The normalized spacial score (nSPS) is 10.8. The number of halogens is 1. The highest BCUT2D eigenvalue weighted by molar-refractivity contribution is 9.10. The highest BCUT2D eigenvalue weighted by Crippen LogP contribution is 2.31. The third-order valence-corrected chi connectivity index (χ3v) is 5.01. The summed E-state index contributed by atoms with van der Waals surface area (Å²) in [5, 5.41) is 8.77. The molecule has 0 spiro atoms. The van der Waals surface area contributed by atoms with Crippen molar-refractivity contribution in [1.82, 2.24) is 15.0 Å². The van der Waals surface area contributed by atoms with Crippen molar-refractivity contribution in [2.24, 2.45) is 0 Å². The van der Waals surface area contributed by atoms with Crippen molar-refractivity contribution in [2.75, 3.05) is 7.11 Å². The van der Waals surface area contributed by atoms with Gasteiger partial charge in [-0.3, -0.25) is 0 Å². The maximum Gasteiger partial charge on any atom is 0.118 e. The van der Waals surface area contributed by atoms with Crippen LogP contribution in [-0.4, -0.2) is 22.1 Å². The van der Waals surface area contributed by atoms with Gasteiger partial charge in [0.2, 0.25) is 0 Å². The summed E-state index contributed by atoms with van der Waals surface area (Å²) in [4.78, 5) is 0. The Hall–Kier alpha value is -2.92. The second-order valence-corrected chi connectivity index (χ2v) is 7.17. The lowest BCUT2D eigenvalue weighted by Crippen LogP contribution is -1.98. The summed E-state index contributed by atoms with van der Waals surface area (Å²) in [5.74, 6) is 0.831. The number of aryl methyl sites for hydroxylation is 1. The molecule has 134 valence electrons. The predicted octanol–water partition coefficient (Wildman–Crippen LogP) is 5.68. The SMILES string of the molecule is COc1ccc(-c2cc(Br)ccc2-n2cc(-c3ccccc3C)nn2)cc1. The van der Waals surface area contributed by atoms with Gasteiger partial charge >= 0.3 is 0 Å². The number of ether oxygens (including phenoxy) is 1. The zero-order valence-electron chi connectivity index (χ0n) is 15.1. The molecule has 1 aromatic heterocycles. The van der Waals surface area contributed by atoms with Crippen LogP contribution in [0, 0.1) is 6.92 Å². The molecule has 0 aliphatic heterocycles. The van der Waals surface area contributed by atoms with Crippen LogP contribution in [0.15, 0.2) is 77.4 Å². The quantitative estimate of drug-likeness (QED) is 0.427. The van der Waals surface area contributed by atoms with Gasteiger partial charge in [0.15, 0.2) is 0 Å². The molecular weight excluding hydrogens is 402 g/mol. The molecule has 0 saturated heterocycles. The third-order valence-electron chi connectivity index (χ3n) is 4.52. The van der Waals surface area contributed by atoms with Crippen LogP contribution in [0.5, 0.6) is 5.75 Å². The standard InChI is InChI=1S/C22H18BrN3O/c1-15-5-3-4-6-19(15)21-14-26(25-24-21)22-12-9-17(23)13-20(22)16-7-10-18(27-2)11-8-16/h3-14H,1-2H3. The number of methoxy groups -OCH3 is 1. The van der Waals surface area contributed by atoms with Crippen LogP contribution in [-0.2, 0) is 0 Å². The van der Waals surface area contributed by atoms with Crippen LogP contribution in [0.2, 0.25) is 0 Å². The molecule has 0 fully saturated rings. The maximum absolute atomic E-state index is 5.27. The first-order chi connectivity index (χ1) is 13.2. The van der Waals surface area contributed by atoms with E-state index < -0.39 is 0 Å². The molecule has 1 heterocycles. The molecule has 4 nitrogen and oxygen atoms in total. The van der Waals surface area contributed by atoms with E-state index in [9.17, 15) is 0 Å². The monoisotopic (exact) mass is 419 g/mol. The van der Waals surface area contributed by atoms with Crippen molar-refractivity contribution >= 4 is 15.9 Å². The average molecular weight is 420 g/mol. The molecule has 0 N–H and O–H groups in total. The Morgan fingerprint density at radius 2 is 1.70 bits per heavy atom. The van der Waals surface area contributed by atoms with E-state index in [1.165, 1.54) is 5.56 Å². The van der Waals surface area contributed by atoms with E-state index in [0.29, 0.717) is 0 Å². The number of hydrogen-bond donors (Lipinski definition) is 0.